The number of nitrogens with zero attached hydrogens (tertiary/aromatic N) is 1. The van der Waals surface area contributed by atoms with E-state index >= 15 is 0 Å². The molecule has 1 aromatic rings. The zero-order valence-corrected chi connectivity index (χ0v) is 12.2. The molecule has 0 saturated carbocycles. The van der Waals surface area contributed by atoms with E-state index in [1.54, 1.807) is 17.0 Å². The van der Waals surface area contributed by atoms with Crippen molar-refractivity contribution in [3.63, 3.8) is 0 Å². The number of nitrogens with one attached hydrogen (secondary N) is 1. The van der Waals surface area contributed by atoms with E-state index in [4.69, 9.17) is 10.2 Å². The standard InChI is InChI=1S/C15H22N2O4/c1-2-17(10-3-11-18)15(21)16-13-7-4-12(5-8-13)6-9-14(19)20/h4-5,7-8,18H,2-3,6,9-11H2,1H3,(H,16,21)(H,19,20). The van der Waals surface area contributed by atoms with Gasteiger partial charge in [-0.15, -0.1) is 0 Å². The Morgan fingerprint density at radius 1 is 1.24 bits per heavy atom. The van der Waals surface area contributed by atoms with Crippen LogP contribution in [0.25, 0.3) is 0 Å². The first-order chi connectivity index (χ1) is 10.1. The molecule has 1 rings (SSSR count). The maximum atomic E-state index is 12.0. The highest BCUT2D eigenvalue weighted by molar-refractivity contribution is 5.89. The third kappa shape index (κ3) is 6.27. The number of carbonyl (C=O) groups is 2. The highest BCUT2D eigenvalue weighted by Crippen LogP contribution is 2.12. The minimum absolute atomic E-state index is 0.0576. The zero-order valence-electron chi connectivity index (χ0n) is 12.2. The van der Waals surface area contributed by atoms with Gasteiger partial charge in [0, 0.05) is 31.8 Å². The number of aryl methyl sites for hydroxylation is 1. The Morgan fingerprint density at radius 3 is 2.43 bits per heavy atom. The zero-order chi connectivity index (χ0) is 15.7. The molecule has 21 heavy (non-hydrogen) atoms. The average Bonchev–Trinajstić information content (AvgIpc) is 2.47. The molecule has 0 aromatic heterocycles. The molecule has 0 spiro atoms. The first-order valence-electron chi connectivity index (χ1n) is 7.04. The van der Waals surface area contributed by atoms with Crippen LogP contribution in [-0.2, 0) is 11.2 Å². The number of urea groups is 1. The largest absolute Gasteiger partial charge is 0.481 e. The number of anilines is 1. The van der Waals surface area contributed by atoms with E-state index in [2.05, 4.69) is 5.32 Å². The topological polar surface area (TPSA) is 89.9 Å². The van der Waals surface area contributed by atoms with Crippen molar-refractivity contribution in [2.75, 3.05) is 25.0 Å². The Kier molecular flexibility index (Phi) is 7.25. The predicted octanol–water partition coefficient (Wildman–Crippen LogP) is 1.94. The average molecular weight is 294 g/mol. The fourth-order valence-corrected chi connectivity index (χ4v) is 1.87. The second-order valence-corrected chi connectivity index (χ2v) is 4.68. The molecule has 0 heterocycles. The molecule has 0 unspecified atom stereocenters. The number of rotatable bonds is 8. The van der Waals surface area contributed by atoms with Crippen LogP contribution in [0.2, 0.25) is 0 Å². The minimum Gasteiger partial charge on any atom is -0.481 e. The van der Waals surface area contributed by atoms with Gasteiger partial charge in [-0.2, -0.15) is 0 Å². The smallest absolute Gasteiger partial charge is 0.321 e. The molecule has 3 N–H and O–H groups in total. The maximum absolute atomic E-state index is 12.0. The van der Waals surface area contributed by atoms with Gasteiger partial charge < -0.3 is 20.4 Å². The van der Waals surface area contributed by atoms with Gasteiger partial charge in [0.25, 0.3) is 0 Å². The van der Waals surface area contributed by atoms with E-state index in [1.807, 2.05) is 19.1 Å². The molecule has 0 aliphatic rings. The molecule has 1 aromatic carbocycles. The third-order valence-corrected chi connectivity index (χ3v) is 3.09. The van der Waals surface area contributed by atoms with Crippen molar-refractivity contribution >= 4 is 17.7 Å². The number of carboxylic acids is 1. The van der Waals surface area contributed by atoms with Crippen molar-refractivity contribution in [3.8, 4) is 0 Å². The number of carboxylic acid groups (broad SMARTS) is 1. The summed E-state index contributed by atoms with van der Waals surface area (Å²) in [6.45, 7) is 3.02. The van der Waals surface area contributed by atoms with Gasteiger partial charge in [0.15, 0.2) is 0 Å². The molecule has 0 aliphatic carbocycles. The molecule has 116 valence electrons. The summed E-state index contributed by atoms with van der Waals surface area (Å²) in [6, 6.07) is 6.93. The molecule has 0 bridgehead atoms. The maximum Gasteiger partial charge on any atom is 0.321 e. The van der Waals surface area contributed by atoms with Gasteiger partial charge >= 0.3 is 12.0 Å². The number of aliphatic hydroxyl groups excluding tert-OH is 1. The second kappa shape index (κ2) is 8.97. The molecule has 6 heteroatoms. The summed E-state index contributed by atoms with van der Waals surface area (Å²) in [6.07, 6.45) is 1.12. The predicted molar refractivity (Wildman–Crippen MR) is 80.4 cm³/mol. The SMILES string of the molecule is CCN(CCCO)C(=O)Nc1ccc(CCC(=O)O)cc1. The summed E-state index contributed by atoms with van der Waals surface area (Å²) in [5.41, 5.74) is 1.59. The number of benzene rings is 1. The van der Waals surface area contributed by atoms with Crippen LogP contribution in [0.1, 0.15) is 25.3 Å². The van der Waals surface area contributed by atoms with Crippen LogP contribution >= 0.6 is 0 Å². The summed E-state index contributed by atoms with van der Waals surface area (Å²) in [5.74, 6) is -0.824. The van der Waals surface area contributed by atoms with Crippen molar-refractivity contribution in [1.29, 1.82) is 0 Å². The Balaban J connectivity index is 2.53. The number of carbonyl (C=O) groups excluding carboxylic acids is 1. The van der Waals surface area contributed by atoms with E-state index in [-0.39, 0.29) is 19.1 Å². The van der Waals surface area contributed by atoms with Gasteiger partial charge in [0.05, 0.1) is 0 Å². The molecule has 0 atom stereocenters. The number of aliphatic carboxylic acids is 1. The monoisotopic (exact) mass is 294 g/mol. The summed E-state index contributed by atoms with van der Waals surface area (Å²) in [4.78, 5) is 24.1. The van der Waals surface area contributed by atoms with Crippen molar-refractivity contribution in [2.24, 2.45) is 0 Å². The lowest BCUT2D eigenvalue weighted by Crippen LogP contribution is -2.35. The lowest BCUT2D eigenvalue weighted by Gasteiger charge is -2.21. The van der Waals surface area contributed by atoms with E-state index in [1.165, 1.54) is 0 Å². The van der Waals surface area contributed by atoms with Crippen molar-refractivity contribution in [2.45, 2.75) is 26.2 Å². The summed E-state index contributed by atoms with van der Waals surface area (Å²) < 4.78 is 0. The molecular weight excluding hydrogens is 272 g/mol. The van der Waals surface area contributed by atoms with Gasteiger partial charge in [-0.3, -0.25) is 4.79 Å². The Hall–Kier alpha value is -2.08. The molecule has 0 radical (unpaired) electrons. The third-order valence-electron chi connectivity index (χ3n) is 3.09. The van der Waals surface area contributed by atoms with E-state index in [0.29, 0.717) is 31.6 Å². The van der Waals surface area contributed by atoms with Crippen LogP contribution in [0.3, 0.4) is 0 Å². The Labute approximate surface area is 124 Å². The van der Waals surface area contributed by atoms with Crippen molar-refractivity contribution in [1.82, 2.24) is 4.90 Å². The number of hydrogen-bond acceptors (Lipinski definition) is 3. The first-order valence-corrected chi connectivity index (χ1v) is 7.04. The van der Waals surface area contributed by atoms with Gasteiger partial charge in [-0.25, -0.2) is 4.79 Å². The van der Waals surface area contributed by atoms with E-state index < -0.39 is 5.97 Å². The van der Waals surface area contributed by atoms with Crippen LogP contribution in [0.5, 0.6) is 0 Å². The van der Waals surface area contributed by atoms with E-state index in [9.17, 15) is 9.59 Å². The Bertz CT molecular complexity index is 459. The second-order valence-electron chi connectivity index (χ2n) is 4.68. The first kappa shape index (κ1) is 17.0. The van der Waals surface area contributed by atoms with Crippen molar-refractivity contribution in [3.05, 3.63) is 29.8 Å². The van der Waals surface area contributed by atoms with Gasteiger partial charge in [0.1, 0.15) is 0 Å². The van der Waals surface area contributed by atoms with E-state index in [0.717, 1.165) is 5.56 Å². The fraction of sp³-hybridized carbons (Fsp3) is 0.467. The highest BCUT2D eigenvalue weighted by atomic mass is 16.4. The molecule has 2 amide bonds. The number of aliphatic hydroxyl groups is 1. The van der Waals surface area contributed by atoms with Gasteiger partial charge in [-0.05, 0) is 37.5 Å². The molecular formula is C15H22N2O4. The normalized spacial score (nSPS) is 10.2. The summed E-state index contributed by atoms with van der Waals surface area (Å²) >= 11 is 0. The Morgan fingerprint density at radius 2 is 1.90 bits per heavy atom. The van der Waals surface area contributed by atoms with Gasteiger partial charge in [0.2, 0.25) is 0 Å². The van der Waals surface area contributed by atoms with Crippen LogP contribution in [0.15, 0.2) is 24.3 Å². The van der Waals surface area contributed by atoms with Crippen LogP contribution in [0.4, 0.5) is 10.5 Å². The summed E-state index contributed by atoms with van der Waals surface area (Å²) in [5, 5.41) is 20.2. The van der Waals surface area contributed by atoms with Crippen LogP contribution in [-0.4, -0.2) is 46.8 Å². The lowest BCUT2D eigenvalue weighted by molar-refractivity contribution is -0.136. The minimum atomic E-state index is -0.824. The number of hydrogen-bond donors (Lipinski definition) is 3. The fourth-order valence-electron chi connectivity index (χ4n) is 1.87. The molecule has 0 saturated heterocycles. The van der Waals surface area contributed by atoms with Gasteiger partial charge in [-0.1, -0.05) is 12.1 Å². The number of amides is 2. The lowest BCUT2D eigenvalue weighted by atomic mass is 10.1. The van der Waals surface area contributed by atoms with Crippen molar-refractivity contribution < 1.29 is 19.8 Å². The quantitative estimate of drug-likeness (QED) is 0.683. The van der Waals surface area contributed by atoms with Crippen LogP contribution < -0.4 is 5.32 Å². The molecule has 6 nitrogen and oxygen atoms in total. The van der Waals surface area contributed by atoms with Crippen LogP contribution in [0, 0.1) is 0 Å². The molecule has 0 aliphatic heterocycles. The highest BCUT2D eigenvalue weighted by Gasteiger charge is 2.11. The summed E-state index contributed by atoms with van der Waals surface area (Å²) in [7, 11) is 0. The molecule has 0 fully saturated rings.